The van der Waals surface area contributed by atoms with Crippen LogP contribution < -0.4 is 10.2 Å². The third-order valence-electron chi connectivity index (χ3n) is 3.33. The maximum absolute atomic E-state index is 12.0. The van der Waals surface area contributed by atoms with Crippen LogP contribution in [0.15, 0.2) is 28.7 Å². The molecule has 0 radical (unpaired) electrons. The molecule has 0 aliphatic carbocycles. The van der Waals surface area contributed by atoms with Gasteiger partial charge in [0.15, 0.2) is 0 Å². The van der Waals surface area contributed by atoms with Gasteiger partial charge in [-0.25, -0.2) is 0 Å². The number of benzene rings is 1. The predicted octanol–water partition coefficient (Wildman–Crippen LogP) is 1.32. The zero-order chi connectivity index (χ0) is 13.1. The number of anilines is 1. The number of amides is 1. The van der Waals surface area contributed by atoms with Gasteiger partial charge in [0, 0.05) is 30.3 Å². The standard InChI is InChI=1S/C13H18BrN3O/c1-15-7-12-8-17(9-13(18)16(12)2)11-5-3-10(14)4-6-11/h3-6,12,15H,7-9H2,1-2H3. The minimum Gasteiger partial charge on any atom is -0.360 e. The number of nitrogens with one attached hydrogen (secondary N) is 1. The number of hydrogen-bond acceptors (Lipinski definition) is 3. The van der Waals surface area contributed by atoms with E-state index in [1.807, 2.05) is 43.3 Å². The minimum atomic E-state index is 0.171. The Morgan fingerprint density at radius 2 is 2.06 bits per heavy atom. The lowest BCUT2D eigenvalue weighted by Gasteiger charge is -2.40. The largest absolute Gasteiger partial charge is 0.360 e. The van der Waals surface area contributed by atoms with Gasteiger partial charge < -0.3 is 15.1 Å². The van der Waals surface area contributed by atoms with Crippen molar-refractivity contribution in [1.29, 1.82) is 0 Å². The minimum absolute atomic E-state index is 0.171. The summed E-state index contributed by atoms with van der Waals surface area (Å²) in [5, 5.41) is 3.14. The van der Waals surface area contributed by atoms with Crippen LogP contribution in [0.3, 0.4) is 0 Å². The van der Waals surface area contributed by atoms with Gasteiger partial charge in [0.2, 0.25) is 5.91 Å². The van der Waals surface area contributed by atoms with Gasteiger partial charge in [-0.2, -0.15) is 0 Å². The van der Waals surface area contributed by atoms with Crippen molar-refractivity contribution < 1.29 is 4.79 Å². The first-order valence-corrected chi connectivity index (χ1v) is 6.82. The summed E-state index contributed by atoms with van der Waals surface area (Å²) in [4.78, 5) is 16.0. The molecule has 1 N–H and O–H groups in total. The van der Waals surface area contributed by atoms with Crippen molar-refractivity contribution in [2.75, 3.05) is 38.6 Å². The highest BCUT2D eigenvalue weighted by atomic mass is 79.9. The lowest BCUT2D eigenvalue weighted by Crippen LogP contribution is -2.57. The number of rotatable bonds is 3. The van der Waals surface area contributed by atoms with Crippen LogP contribution in [-0.4, -0.2) is 50.6 Å². The lowest BCUT2D eigenvalue weighted by atomic mass is 10.1. The monoisotopic (exact) mass is 311 g/mol. The van der Waals surface area contributed by atoms with E-state index in [2.05, 4.69) is 26.1 Å². The van der Waals surface area contributed by atoms with Crippen LogP contribution in [0.2, 0.25) is 0 Å². The SMILES string of the molecule is CNCC1CN(c2ccc(Br)cc2)CC(=O)N1C. The van der Waals surface area contributed by atoms with Gasteiger partial charge in [-0.1, -0.05) is 15.9 Å². The molecule has 1 aliphatic rings. The summed E-state index contributed by atoms with van der Waals surface area (Å²) in [5.41, 5.74) is 1.10. The number of nitrogens with zero attached hydrogens (tertiary/aromatic N) is 2. The Morgan fingerprint density at radius 3 is 2.67 bits per heavy atom. The summed E-state index contributed by atoms with van der Waals surface area (Å²) in [6.07, 6.45) is 0. The summed E-state index contributed by atoms with van der Waals surface area (Å²) in [6.45, 7) is 2.14. The molecule has 4 nitrogen and oxygen atoms in total. The third-order valence-corrected chi connectivity index (χ3v) is 3.86. The van der Waals surface area contributed by atoms with Gasteiger partial charge >= 0.3 is 0 Å². The van der Waals surface area contributed by atoms with Gasteiger partial charge in [0.05, 0.1) is 12.6 Å². The molecule has 0 spiro atoms. The number of likely N-dealkylation sites (N-methyl/N-ethyl adjacent to an activating group) is 2. The van der Waals surface area contributed by atoms with Gasteiger partial charge in [0.1, 0.15) is 0 Å². The predicted molar refractivity (Wildman–Crippen MR) is 76.8 cm³/mol. The van der Waals surface area contributed by atoms with Crippen LogP contribution in [0, 0.1) is 0 Å². The zero-order valence-electron chi connectivity index (χ0n) is 10.7. The van der Waals surface area contributed by atoms with Gasteiger partial charge in [-0.15, -0.1) is 0 Å². The lowest BCUT2D eigenvalue weighted by molar-refractivity contribution is -0.131. The number of carbonyl (C=O) groups excluding carboxylic acids is 1. The fourth-order valence-corrected chi connectivity index (χ4v) is 2.47. The molecule has 1 aromatic rings. The van der Waals surface area contributed by atoms with Gasteiger partial charge in [0.25, 0.3) is 0 Å². The Balaban J connectivity index is 2.14. The molecule has 1 atom stereocenters. The Morgan fingerprint density at radius 1 is 1.39 bits per heavy atom. The van der Waals surface area contributed by atoms with Crippen LogP contribution in [0.1, 0.15) is 0 Å². The second-order valence-corrected chi connectivity index (χ2v) is 5.49. The quantitative estimate of drug-likeness (QED) is 0.914. The number of carbonyl (C=O) groups is 1. The number of piperazine rings is 1. The second kappa shape index (κ2) is 5.71. The molecule has 0 bridgehead atoms. The summed E-state index contributed by atoms with van der Waals surface area (Å²) >= 11 is 3.42. The number of hydrogen-bond donors (Lipinski definition) is 1. The molecule has 1 amide bonds. The average molecular weight is 312 g/mol. The molecule has 0 aromatic heterocycles. The van der Waals surface area contributed by atoms with Crippen molar-refractivity contribution in [1.82, 2.24) is 10.2 Å². The Hall–Kier alpha value is -1.07. The van der Waals surface area contributed by atoms with Crippen LogP contribution in [0.4, 0.5) is 5.69 Å². The van der Waals surface area contributed by atoms with Gasteiger partial charge in [-0.05, 0) is 31.3 Å². The highest BCUT2D eigenvalue weighted by Crippen LogP contribution is 2.21. The summed E-state index contributed by atoms with van der Waals surface area (Å²) < 4.78 is 1.05. The summed E-state index contributed by atoms with van der Waals surface area (Å²) in [5.74, 6) is 0.171. The van der Waals surface area contributed by atoms with Crippen molar-refractivity contribution in [3.05, 3.63) is 28.7 Å². The Bertz CT molecular complexity index is 421. The van der Waals surface area contributed by atoms with E-state index in [4.69, 9.17) is 0 Å². The highest BCUT2D eigenvalue weighted by molar-refractivity contribution is 9.10. The first-order chi connectivity index (χ1) is 8.61. The molecule has 5 heteroatoms. The smallest absolute Gasteiger partial charge is 0.242 e. The zero-order valence-corrected chi connectivity index (χ0v) is 12.3. The molecule has 1 aromatic carbocycles. The van der Waals surface area contributed by atoms with Crippen molar-refractivity contribution in [3.63, 3.8) is 0 Å². The van der Waals surface area contributed by atoms with E-state index in [1.54, 1.807) is 0 Å². The van der Waals surface area contributed by atoms with Crippen molar-refractivity contribution >= 4 is 27.5 Å². The van der Waals surface area contributed by atoms with Crippen LogP contribution in [0.25, 0.3) is 0 Å². The molecule has 1 fully saturated rings. The van der Waals surface area contributed by atoms with E-state index in [0.717, 1.165) is 23.2 Å². The van der Waals surface area contributed by atoms with E-state index in [0.29, 0.717) is 6.54 Å². The molecule has 2 rings (SSSR count). The van der Waals surface area contributed by atoms with Crippen LogP contribution in [-0.2, 0) is 4.79 Å². The number of halogens is 1. The van der Waals surface area contributed by atoms with Crippen LogP contribution >= 0.6 is 15.9 Å². The normalized spacial score (nSPS) is 20.4. The maximum atomic E-state index is 12.0. The van der Waals surface area contributed by atoms with E-state index in [9.17, 15) is 4.79 Å². The summed E-state index contributed by atoms with van der Waals surface area (Å²) in [7, 11) is 3.79. The van der Waals surface area contributed by atoms with Crippen LogP contribution in [0.5, 0.6) is 0 Å². The Kier molecular flexibility index (Phi) is 4.24. The molecule has 1 aliphatic heterocycles. The fraction of sp³-hybridized carbons (Fsp3) is 0.462. The average Bonchev–Trinajstić information content (AvgIpc) is 2.36. The fourth-order valence-electron chi connectivity index (χ4n) is 2.21. The molecule has 1 heterocycles. The molecular formula is C13H18BrN3O. The molecule has 1 saturated heterocycles. The van der Waals surface area contributed by atoms with Gasteiger partial charge in [-0.3, -0.25) is 4.79 Å². The molecular weight excluding hydrogens is 294 g/mol. The van der Waals surface area contributed by atoms with Crippen molar-refractivity contribution in [3.8, 4) is 0 Å². The van der Waals surface area contributed by atoms with Crippen molar-refractivity contribution in [2.24, 2.45) is 0 Å². The highest BCUT2D eigenvalue weighted by Gasteiger charge is 2.29. The van der Waals surface area contributed by atoms with E-state index >= 15 is 0 Å². The topological polar surface area (TPSA) is 35.6 Å². The molecule has 0 saturated carbocycles. The van der Waals surface area contributed by atoms with E-state index < -0.39 is 0 Å². The molecule has 18 heavy (non-hydrogen) atoms. The first-order valence-electron chi connectivity index (χ1n) is 6.02. The first kappa shape index (κ1) is 13.4. The Labute approximate surface area is 116 Å². The molecule has 1 unspecified atom stereocenters. The summed E-state index contributed by atoms with van der Waals surface area (Å²) in [6, 6.07) is 8.31. The van der Waals surface area contributed by atoms with E-state index in [-0.39, 0.29) is 11.9 Å². The maximum Gasteiger partial charge on any atom is 0.242 e. The third kappa shape index (κ3) is 2.84. The van der Waals surface area contributed by atoms with Crippen molar-refractivity contribution in [2.45, 2.75) is 6.04 Å². The van der Waals surface area contributed by atoms with E-state index in [1.165, 1.54) is 0 Å². The second-order valence-electron chi connectivity index (χ2n) is 4.57. The molecule has 98 valence electrons.